The Labute approximate surface area is 99.4 Å². The van der Waals surface area contributed by atoms with Gasteiger partial charge in [0.05, 0.1) is 5.60 Å². The Morgan fingerprint density at radius 2 is 2.00 bits per heavy atom. The van der Waals surface area contributed by atoms with Gasteiger partial charge in [-0.25, -0.2) is 0 Å². The maximum atomic E-state index is 10.2. The van der Waals surface area contributed by atoms with Crippen LogP contribution in [0, 0.1) is 0 Å². The summed E-state index contributed by atoms with van der Waals surface area (Å²) in [5.74, 6) is 0. The lowest BCUT2D eigenvalue weighted by molar-refractivity contribution is 0.0148. The largest absolute Gasteiger partial charge is 0.389 e. The van der Waals surface area contributed by atoms with Gasteiger partial charge in [-0.05, 0) is 52.2 Å². The van der Waals surface area contributed by atoms with E-state index in [1.54, 1.807) is 0 Å². The molecule has 3 heteroatoms. The van der Waals surface area contributed by atoms with E-state index in [4.69, 9.17) is 0 Å². The van der Waals surface area contributed by atoms with Crippen LogP contribution in [0.3, 0.4) is 0 Å². The summed E-state index contributed by atoms with van der Waals surface area (Å²) < 4.78 is 0. The summed E-state index contributed by atoms with van der Waals surface area (Å²) in [6.07, 6.45) is 4.82. The van der Waals surface area contributed by atoms with Crippen molar-refractivity contribution in [3.05, 3.63) is 0 Å². The average molecular weight is 226 g/mol. The predicted molar refractivity (Wildman–Crippen MR) is 66.6 cm³/mol. The Bertz CT molecular complexity index is 230. The van der Waals surface area contributed by atoms with Crippen molar-refractivity contribution in [3.63, 3.8) is 0 Å². The third kappa shape index (κ3) is 2.96. The fourth-order valence-corrected chi connectivity index (χ4v) is 3.02. The molecule has 0 aromatic carbocycles. The van der Waals surface area contributed by atoms with Crippen molar-refractivity contribution in [2.24, 2.45) is 0 Å². The highest BCUT2D eigenvalue weighted by molar-refractivity contribution is 4.87. The molecule has 16 heavy (non-hydrogen) atoms. The third-order valence-corrected chi connectivity index (χ3v) is 4.21. The van der Waals surface area contributed by atoms with Crippen LogP contribution in [0.25, 0.3) is 0 Å². The second-order valence-electron chi connectivity index (χ2n) is 5.77. The zero-order valence-corrected chi connectivity index (χ0v) is 10.8. The minimum absolute atomic E-state index is 0.506. The second kappa shape index (κ2) is 5.03. The lowest BCUT2D eigenvalue weighted by atomic mass is 10.0. The van der Waals surface area contributed by atoms with Gasteiger partial charge in [-0.2, -0.15) is 0 Å². The van der Waals surface area contributed by atoms with Gasteiger partial charge in [-0.3, -0.25) is 9.80 Å². The zero-order valence-electron chi connectivity index (χ0n) is 10.8. The Morgan fingerprint density at radius 3 is 2.75 bits per heavy atom. The van der Waals surface area contributed by atoms with Gasteiger partial charge in [0, 0.05) is 19.1 Å². The normalized spacial score (nSPS) is 32.1. The molecule has 1 N–H and O–H groups in total. The highest BCUT2D eigenvalue weighted by Crippen LogP contribution is 2.22. The van der Waals surface area contributed by atoms with Gasteiger partial charge >= 0.3 is 0 Å². The summed E-state index contributed by atoms with van der Waals surface area (Å²) in [7, 11) is 0. The molecular formula is C13H26N2O. The van der Waals surface area contributed by atoms with E-state index >= 15 is 0 Å². The highest BCUT2D eigenvalue weighted by Gasteiger charge is 2.31. The van der Waals surface area contributed by atoms with Gasteiger partial charge in [0.2, 0.25) is 0 Å². The SMILES string of the molecule is CCC(C)(O)CN1CCCN2CCCC2C1. The Kier molecular flexibility index (Phi) is 3.88. The first-order valence-corrected chi connectivity index (χ1v) is 6.79. The monoisotopic (exact) mass is 226 g/mol. The van der Waals surface area contributed by atoms with Crippen molar-refractivity contribution in [2.75, 3.05) is 32.7 Å². The first-order chi connectivity index (χ1) is 7.61. The van der Waals surface area contributed by atoms with Crippen molar-refractivity contribution in [1.82, 2.24) is 9.80 Å². The smallest absolute Gasteiger partial charge is 0.0743 e. The predicted octanol–water partition coefficient (Wildman–Crippen LogP) is 1.32. The molecular weight excluding hydrogens is 200 g/mol. The molecule has 2 heterocycles. The summed E-state index contributed by atoms with van der Waals surface area (Å²) in [5, 5.41) is 10.2. The second-order valence-corrected chi connectivity index (χ2v) is 5.77. The van der Waals surface area contributed by atoms with Crippen LogP contribution in [0.4, 0.5) is 0 Å². The summed E-state index contributed by atoms with van der Waals surface area (Å²) in [4.78, 5) is 5.11. The maximum absolute atomic E-state index is 10.2. The minimum atomic E-state index is -0.506. The molecule has 2 rings (SSSR count). The van der Waals surface area contributed by atoms with Gasteiger partial charge in [0.15, 0.2) is 0 Å². The van der Waals surface area contributed by atoms with E-state index in [0.29, 0.717) is 0 Å². The van der Waals surface area contributed by atoms with E-state index in [9.17, 15) is 5.11 Å². The molecule has 0 aromatic heterocycles. The first-order valence-electron chi connectivity index (χ1n) is 6.79. The van der Waals surface area contributed by atoms with Crippen LogP contribution >= 0.6 is 0 Å². The van der Waals surface area contributed by atoms with Gasteiger partial charge in [0.1, 0.15) is 0 Å². The van der Waals surface area contributed by atoms with Crippen LogP contribution in [0.1, 0.15) is 39.5 Å². The third-order valence-electron chi connectivity index (χ3n) is 4.21. The molecule has 2 fully saturated rings. The minimum Gasteiger partial charge on any atom is -0.389 e. The van der Waals surface area contributed by atoms with Crippen LogP contribution in [0.15, 0.2) is 0 Å². The Morgan fingerprint density at radius 1 is 1.25 bits per heavy atom. The van der Waals surface area contributed by atoms with Gasteiger partial charge in [0.25, 0.3) is 0 Å². The van der Waals surface area contributed by atoms with E-state index in [1.165, 1.54) is 32.4 Å². The van der Waals surface area contributed by atoms with Crippen LogP contribution in [-0.2, 0) is 0 Å². The number of aliphatic hydroxyl groups is 1. The first kappa shape index (κ1) is 12.3. The molecule has 3 nitrogen and oxygen atoms in total. The van der Waals surface area contributed by atoms with Crippen molar-refractivity contribution in [2.45, 2.75) is 51.2 Å². The molecule has 2 aliphatic rings. The molecule has 2 saturated heterocycles. The summed E-state index contributed by atoms with van der Waals surface area (Å²) in [6, 6.07) is 0.759. The quantitative estimate of drug-likeness (QED) is 0.786. The summed E-state index contributed by atoms with van der Waals surface area (Å²) in [5.41, 5.74) is -0.506. The molecule has 0 aliphatic carbocycles. The molecule has 0 saturated carbocycles. The van der Waals surface area contributed by atoms with Crippen molar-refractivity contribution >= 4 is 0 Å². The molecule has 0 radical (unpaired) electrons. The molecule has 0 bridgehead atoms. The number of fused-ring (bicyclic) bond motifs is 1. The van der Waals surface area contributed by atoms with E-state index < -0.39 is 5.60 Å². The van der Waals surface area contributed by atoms with Gasteiger partial charge in [-0.1, -0.05) is 6.92 Å². The van der Waals surface area contributed by atoms with Crippen molar-refractivity contribution in [3.8, 4) is 0 Å². The molecule has 0 amide bonds. The summed E-state index contributed by atoms with van der Waals surface area (Å²) >= 11 is 0. The number of hydrogen-bond donors (Lipinski definition) is 1. The fraction of sp³-hybridized carbons (Fsp3) is 1.00. The number of β-amino-alcohol motifs (C(OH)–C–C–N with tert-alkyl or cyclic N) is 1. The topological polar surface area (TPSA) is 26.7 Å². The Balaban J connectivity index is 1.90. The van der Waals surface area contributed by atoms with E-state index in [-0.39, 0.29) is 0 Å². The highest BCUT2D eigenvalue weighted by atomic mass is 16.3. The fourth-order valence-electron chi connectivity index (χ4n) is 3.02. The zero-order chi connectivity index (χ0) is 11.6. The lowest BCUT2D eigenvalue weighted by Gasteiger charge is -2.31. The molecule has 0 spiro atoms. The Hall–Kier alpha value is -0.120. The van der Waals surface area contributed by atoms with E-state index in [2.05, 4.69) is 16.7 Å². The maximum Gasteiger partial charge on any atom is 0.0743 e. The molecule has 94 valence electrons. The lowest BCUT2D eigenvalue weighted by Crippen LogP contribution is -2.44. The molecule has 0 aromatic rings. The number of nitrogens with zero attached hydrogens (tertiary/aromatic N) is 2. The van der Waals surface area contributed by atoms with Crippen LogP contribution in [0.2, 0.25) is 0 Å². The standard InChI is InChI=1S/C13H26N2O/c1-3-13(2,16)11-14-7-5-9-15-8-4-6-12(15)10-14/h12,16H,3-11H2,1-2H3. The average Bonchev–Trinajstić information content (AvgIpc) is 2.58. The van der Waals surface area contributed by atoms with Crippen LogP contribution < -0.4 is 0 Å². The number of rotatable bonds is 3. The van der Waals surface area contributed by atoms with E-state index in [0.717, 1.165) is 32.1 Å². The van der Waals surface area contributed by atoms with Crippen molar-refractivity contribution in [1.29, 1.82) is 0 Å². The molecule has 2 unspecified atom stereocenters. The van der Waals surface area contributed by atoms with Crippen LogP contribution in [0.5, 0.6) is 0 Å². The van der Waals surface area contributed by atoms with Gasteiger partial charge in [-0.15, -0.1) is 0 Å². The molecule has 2 atom stereocenters. The molecule has 2 aliphatic heterocycles. The van der Waals surface area contributed by atoms with E-state index in [1.807, 2.05) is 6.92 Å². The summed E-state index contributed by atoms with van der Waals surface area (Å²) in [6.45, 7) is 9.75. The number of hydrogen-bond acceptors (Lipinski definition) is 3. The van der Waals surface area contributed by atoms with Crippen molar-refractivity contribution < 1.29 is 5.11 Å². The van der Waals surface area contributed by atoms with Gasteiger partial charge < -0.3 is 5.11 Å². The van der Waals surface area contributed by atoms with Crippen LogP contribution in [-0.4, -0.2) is 59.3 Å².